The zero-order valence-electron chi connectivity index (χ0n) is 12.0. The van der Waals surface area contributed by atoms with Gasteiger partial charge in [-0.25, -0.2) is 0 Å². The van der Waals surface area contributed by atoms with Gasteiger partial charge in [-0.1, -0.05) is 0 Å². The van der Waals surface area contributed by atoms with Crippen LogP contribution in [-0.4, -0.2) is 54.1 Å². The molecule has 1 spiro atoms. The van der Waals surface area contributed by atoms with Crippen LogP contribution < -0.4 is 0 Å². The molecule has 2 aliphatic rings. The van der Waals surface area contributed by atoms with Crippen molar-refractivity contribution in [3.05, 3.63) is 24.2 Å². The van der Waals surface area contributed by atoms with E-state index < -0.39 is 0 Å². The van der Waals surface area contributed by atoms with Gasteiger partial charge < -0.3 is 14.1 Å². The number of piperidine rings is 1. The van der Waals surface area contributed by atoms with Crippen LogP contribution in [0.5, 0.6) is 0 Å². The van der Waals surface area contributed by atoms with Gasteiger partial charge in [-0.15, -0.1) is 0 Å². The van der Waals surface area contributed by atoms with Crippen molar-refractivity contribution in [3.63, 3.8) is 0 Å². The highest BCUT2D eigenvalue weighted by Gasteiger charge is 2.41. The van der Waals surface area contributed by atoms with Crippen LogP contribution in [0.1, 0.15) is 25.3 Å². The summed E-state index contributed by atoms with van der Waals surface area (Å²) in [5.74, 6) is 0.152. The van der Waals surface area contributed by atoms with E-state index in [0.29, 0.717) is 0 Å². The fourth-order valence-corrected chi connectivity index (χ4v) is 3.31. The van der Waals surface area contributed by atoms with Crippen molar-refractivity contribution in [2.45, 2.75) is 31.9 Å². The van der Waals surface area contributed by atoms with Crippen molar-refractivity contribution in [3.8, 4) is 0 Å². The van der Waals surface area contributed by atoms with Gasteiger partial charge in [-0.05, 0) is 18.9 Å². The SMILES string of the molecule is CC(=O)N1CCC[C@]2(CN(Cc3ccoc3)CCO2)C1. The highest BCUT2D eigenvalue weighted by molar-refractivity contribution is 5.73. The van der Waals surface area contributed by atoms with Gasteiger partial charge >= 0.3 is 0 Å². The highest BCUT2D eigenvalue weighted by atomic mass is 16.5. The first-order valence-electron chi connectivity index (χ1n) is 7.30. The Morgan fingerprint density at radius 1 is 1.40 bits per heavy atom. The van der Waals surface area contributed by atoms with E-state index in [-0.39, 0.29) is 11.5 Å². The maximum Gasteiger partial charge on any atom is 0.219 e. The van der Waals surface area contributed by atoms with Crippen molar-refractivity contribution in [2.24, 2.45) is 0 Å². The van der Waals surface area contributed by atoms with E-state index in [1.54, 1.807) is 19.5 Å². The molecule has 1 amide bonds. The lowest BCUT2D eigenvalue weighted by atomic mass is 9.90. The lowest BCUT2D eigenvalue weighted by Gasteiger charge is -2.47. The average Bonchev–Trinajstić information content (AvgIpc) is 2.92. The first kappa shape index (κ1) is 13.6. The Balaban J connectivity index is 1.65. The molecule has 0 N–H and O–H groups in total. The molecule has 2 aliphatic heterocycles. The Morgan fingerprint density at radius 2 is 2.30 bits per heavy atom. The summed E-state index contributed by atoms with van der Waals surface area (Å²) in [7, 11) is 0. The summed E-state index contributed by atoms with van der Waals surface area (Å²) in [6.45, 7) is 6.69. The third-order valence-electron chi connectivity index (χ3n) is 4.30. The van der Waals surface area contributed by atoms with Gasteiger partial charge in [0, 0.05) is 38.7 Å². The second-order valence-corrected chi connectivity index (χ2v) is 5.92. The Bertz CT molecular complexity index is 456. The fourth-order valence-electron chi connectivity index (χ4n) is 3.31. The molecule has 5 heteroatoms. The number of hydrogen-bond donors (Lipinski definition) is 0. The van der Waals surface area contributed by atoms with E-state index in [0.717, 1.165) is 52.2 Å². The van der Waals surface area contributed by atoms with Crippen molar-refractivity contribution in [1.29, 1.82) is 0 Å². The van der Waals surface area contributed by atoms with Crippen molar-refractivity contribution in [1.82, 2.24) is 9.80 Å². The number of rotatable bonds is 2. The number of nitrogens with zero attached hydrogens (tertiary/aromatic N) is 2. The first-order valence-corrected chi connectivity index (χ1v) is 7.30. The number of carbonyl (C=O) groups excluding carboxylic acids is 1. The predicted molar refractivity (Wildman–Crippen MR) is 74.2 cm³/mol. The van der Waals surface area contributed by atoms with E-state index in [9.17, 15) is 4.79 Å². The molecule has 2 saturated heterocycles. The maximum atomic E-state index is 11.6. The molecule has 110 valence electrons. The van der Waals surface area contributed by atoms with Crippen LogP contribution in [0, 0.1) is 0 Å². The molecule has 1 atom stereocenters. The van der Waals surface area contributed by atoms with Crippen molar-refractivity contribution in [2.75, 3.05) is 32.8 Å². The molecule has 20 heavy (non-hydrogen) atoms. The molecule has 0 aliphatic carbocycles. The smallest absolute Gasteiger partial charge is 0.219 e. The Morgan fingerprint density at radius 3 is 3.05 bits per heavy atom. The summed E-state index contributed by atoms with van der Waals surface area (Å²) in [4.78, 5) is 15.9. The molecule has 1 aromatic rings. The summed E-state index contributed by atoms with van der Waals surface area (Å²) in [5, 5.41) is 0. The standard InChI is InChI=1S/C15H22N2O3/c1-13(18)17-5-2-4-15(12-17)11-16(6-8-20-15)9-14-3-7-19-10-14/h3,7,10H,2,4-6,8-9,11-12H2,1H3/t15-/m0/s1. The van der Waals surface area contributed by atoms with E-state index in [2.05, 4.69) is 4.90 Å². The minimum Gasteiger partial charge on any atom is -0.472 e. The van der Waals surface area contributed by atoms with Crippen LogP contribution in [0.15, 0.2) is 23.0 Å². The van der Waals surface area contributed by atoms with Crippen molar-refractivity contribution >= 4 is 5.91 Å². The number of morpholine rings is 1. The Labute approximate surface area is 119 Å². The highest BCUT2D eigenvalue weighted by Crippen LogP contribution is 2.29. The molecule has 3 rings (SSSR count). The zero-order chi connectivity index (χ0) is 14.0. The third-order valence-corrected chi connectivity index (χ3v) is 4.30. The normalized spacial score (nSPS) is 27.9. The van der Waals surface area contributed by atoms with E-state index >= 15 is 0 Å². The van der Waals surface area contributed by atoms with Gasteiger partial charge in [0.05, 0.1) is 31.3 Å². The Hall–Kier alpha value is -1.33. The van der Waals surface area contributed by atoms with E-state index in [4.69, 9.17) is 9.15 Å². The predicted octanol–water partition coefficient (Wildman–Crippen LogP) is 1.49. The van der Waals surface area contributed by atoms with Crippen LogP contribution in [0.3, 0.4) is 0 Å². The molecule has 3 heterocycles. The lowest BCUT2D eigenvalue weighted by molar-refractivity contribution is -0.156. The zero-order valence-corrected chi connectivity index (χ0v) is 12.0. The molecule has 0 unspecified atom stereocenters. The van der Waals surface area contributed by atoms with Crippen LogP contribution in [0.2, 0.25) is 0 Å². The Kier molecular flexibility index (Phi) is 3.81. The van der Waals surface area contributed by atoms with Gasteiger partial charge in [0.15, 0.2) is 0 Å². The molecule has 0 radical (unpaired) electrons. The molecular formula is C15H22N2O3. The minimum atomic E-state index is -0.175. The number of hydrogen-bond acceptors (Lipinski definition) is 4. The number of carbonyl (C=O) groups is 1. The van der Waals surface area contributed by atoms with Gasteiger partial charge in [-0.3, -0.25) is 9.69 Å². The first-order chi connectivity index (χ1) is 9.67. The van der Waals surface area contributed by atoms with Crippen LogP contribution >= 0.6 is 0 Å². The van der Waals surface area contributed by atoms with Crippen molar-refractivity contribution < 1.29 is 13.9 Å². The summed E-state index contributed by atoms with van der Waals surface area (Å²) in [5.41, 5.74) is 1.02. The van der Waals surface area contributed by atoms with Gasteiger partial charge in [0.2, 0.25) is 5.91 Å². The number of furan rings is 1. The largest absolute Gasteiger partial charge is 0.472 e. The van der Waals surface area contributed by atoms with Crippen LogP contribution in [0.25, 0.3) is 0 Å². The molecule has 0 aromatic carbocycles. The van der Waals surface area contributed by atoms with Gasteiger partial charge in [-0.2, -0.15) is 0 Å². The van der Waals surface area contributed by atoms with E-state index in [1.165, 1.54) is 5.56 Å². The molecule has 2 fully saturated rings. The molecule has 1 aromatic heterocycles. The van der Waals surface area contributed by atoms with Gasteiger partial charge in [0.25, 0.3) is 0 Å². The fraction of sp³-hybridized carbons (Fsp3) is 0.667. The molecular weight excluding hydrogens is 256 g/mol. The lowest BCUT2D eigenvalue weighted by Crippen LogP contribution is -2.60. The number of ether oxygens (including phenoxy) is 1. The second kappa shape index (κ2) is 5.58. The maximum absolute atomic E-state index is 11.6. The molecule has 0 saturated carbocycles. The summed E-state index contributed by atoms with van der Waals surface area (Å²) in [6, 6.07) is 2.00. The quantitative estimate of drug-likeness (QED) is 0.822. The van der Waals surface area contributed by atoms with Crippen LogP contribution in [-0.2, 0) is 16.1 Å². The minimum absolute atomic E-state index is 0.152. The number of amides is 1. The summed E-state index contributed by atoms with van der Waals surface area (Å²) >= 11 is 0. The summed E-state index contributed by atoms with van der Waals surface area (Å²) in [6.07, 6.45) is 5.58. The summed E-state index contributed by atoms with van der Waals surface area (Å²) < 4.78 is 11.2. The van der Waals surface area contributed by atoms with E-state index in [1.807, 2.05) is 11.0 Å². The third kappa shape index (κ3) is 2.88. The number of likely N-dealkylation sites (tertiary alicyclic amines) is 1. The average molecular weight is 278 g/mol. The second-order valence-electron chi connectivity index (χ2n) is 5.92. The molecule has 5 nitrogen and oxygen atoms in total. The molecule has 0 bridgehead atoms. The van der Waals surface area contributed by atoms with Gasteiger partial charge in [0.1, 0.15) is 0 Å². The van der Waals surface area contributed by atoms with Crippen LogP contribution in [0.4, 0.5) is 0 Å². The monoisotopic (exact) mass is 278 g/mol. The topological polar surface area (TPSA) is 45.9 Å².